The quantitative estimate of drug-likeness (QED) is 0.916. The second-order valence-corrected chi connectivity index (χ2v) is 7.46. The molecule has 0 radical (unpaired) electrons. The summed E-state index contributed by atoms with van der Waals surface area (Å²) in [6, 6.07) is 5.12. The van der Waals surface area contributed by atoms with Crippen LogP contribution in [-0.4, -0.2) is 32.4 Å². The van der Waals surface area contributed by atoms with Gasteiger partial charge in [0.1, 0.15) is 0 Å². The van der Waals surface area contributed by atoms with E-state index < -0.39 is 10.0 Å². The van der Waals surface area contributed by atoms with Gasteiger partial charge in [-0.05, 0) is 49.6 Å². The Labute approximate surface area is 116 Å². The Morgan fingerprint density at radius 3 is 2.78 bits per heavy atom. The maximum Gasteiger partial charge on any atom is 0.243 e. The van der Waals surface area contributed by atoms with Crippen LogP contribution in [0.15, 0.2) is 27.6 Å². The highest BCUT2D eigenvalue weighted by molar-refractivity contribution is 9.10. The molecule has 0 amide bonds. The molecular weight excluding hydrogens is 316 g/mol. The highest BCUT2D eigenvalue weighted by atomic mass is 79.9. The van der Waals surface area contributed by atoms with Crippen molar-refractivity contribution in [3.63, 3.8) is 0 Å². The highest BCUT2D eigenvalue weighted by Gasteiger charge is 2.31. The molecule has 100 valence electrons. The maximum atomic E-state index is 12.4. The lowest BCUT2D eigenvalue weighted by Gasteiger charge is -2.17. The molecule has 1 aliphatic heterocycles. The molecule has 0 aromatic heterocycles. The van der Waals surface area contributed by atoms with Gasteiger partial charge in [0.05, 0.1) is 4.90 Å². The molecule has 1 fully saturated rings. The molecule has 1 aromatic carbocycles. The SMILES string of the molecule is Cc1cc(S(=O)(=O)N2CC[C@H](CN)C2)ccc1Br. The molecule has 0 saturated carbocycles. The lowest BCUT2D eigenvalue weighted by molar-refractivity contribution is 0.459. The number of rotatable bonds is 3. The minimum Gasteiger partial charge on any atom is -0.330 e. The van der Waals surface area contributed by atoms with Crippen LogP contribution in [-0.2, 0) is 10.0 Å². The fourth-order valence-corrected chi connectivity index (χ4v) is 4.00. The molecule has 18 heavy (non-hydrogen) atoms. The van der Waals surface area contributed by atoms with Crippen LogP contribution in [0.25, 0.3) is 0 Å². The molecule has 6 heteroatoms. The number of nitrogens with two attached hydrogens (primary N) is 1. The summed E-state index contributed by atoms with van der Waals surface area (Å²) in [6.07, 6.45) is 0.852. The van der Waals surface area contributed by atoms with Gasteiger partial charge in [-0.15, -0.1) is 0 Å². The molecule has 2 N–H and O–H groups in total. The van der Waals surface area contributed by atoms with Crippen molar-refractivity contribution >= 4 is 26.0 Å². The third-order valence-corrected chi connectivity index (χ3v) is 6.10. The fourth-order valence-electron chi connectivity index (χ4n) is 2.13. The average Bonchev–Trinajstić information content (AvgIpc) is 2.81. The van der Waals surface area contributed by atoms with Gasteiger partial charge >= 0.3 is 0 Å². The highest BCUT2D eigenvalue weighted by Crippen LogP contribution is 2.26. The first kappa shape index (κ1) is 14.0. The van der Waals surface area contributed by atoms with E-state index in [0.29, 0.717) is 24.5 Å². The standard InChI is InChI=1S/C12H17BrN2O2S/c1-9-6-11(2-3-12(9)13)18(16,17)15-5-4-10(7-14)8-15/h2-3,6,10H,4-5,7-8,14H2,1H3/t10-/m1/s1. The Balaban J connectivity index is 2.28. The molecule has 1 atom stereocenters. The van der Waals surface area contributed by atoms with Crippen LogP contribution in [0.4, 0.5) is 0 Å². The van der Waals surface area contributed by atoms with Crippen molar-refractivity contribution in [3.8, 4) is 0 Å². The number of halogens is 1. The van der Waals surface area contributed by atoms with Crippen LogP contribution in [0, 0.1) is 12.8 Å². The summed E-state index contributed by atoms with van der Waals surface area (Å²) >= 11 is 3.38. The Bertz CT molecular complexity index is 545. The van der Waals surface area contributed by atoms with Gasteiger partial charge in [0.25, 0.3) is 0 Å². The van der Waals surface area contributed by atoms with Crippen LogP contribution >= 0.6 is 15.9 Å². The first-order chi connectivity index (χ1) is 8.45. The van der Waals surface area contributed by atoms with Gasteiger partial charge in [-0.1, -0.05) is 15.9 Å². The summed E-state index contributed by atoms with van der Waals surface area (Å²) in [7, 11) is -3.36. The van der Waals surface area contributed by atoms with Crippen LogP contribution < -0.4 is 5.73 Å². The Hall–Kier alpha value is -0.430. The number of nitrogens with zero attached hydrogens (tertiary/aromatic N) is 1. The minimum atomic E-state index is -3.36. The van der Waals surface area contributed by atoms with E-state index in [1.165, 1.54) is 4.31 Å². The summed E-state index contributed by atoms with van der Waals surface area (Å²) in [5.74, 6) is 0.288. The smallest absolute Gasteiger partial charge is 0.243 e. The van der Waals surface area contributed by atoms with E-state index >= 15 is 0 Å². The molecule has 1 saturated heterocycles. The number of hydrogen-bond donors (Lipinski definition) is 1. The van der Waals surface area contributed by atoms with E-state index in [4.69, 9.17) is 5.73 Å². The molecule has 4 nitrogen and oxygen atoms in total. The van der Waals surface area contributed by atoms with Crippen molar-refractivity contribution in [1.29, 1.82) is 0 Å². The number of hydrogen-bond acceptors (Lipinski definition) is 3. The molecular formula is C12H17BrN2O2S. The normalized spacial score (nSPS) is 21.4. The van der Waals surface area contributed by atoms with Crippen LogP contribution in [0.3, 0.4) is 0 Å². The summed E-state index contributed by atoms with van der Waals surface area (Å²) in [5, 5.41) is 0. The molecule has 0 unspecified atom stereocenters. The molecule has 0 bridgehead atoms. The Morgan fingerprint density at radius 1 is 1.50 bits per heavy atom. The molecule has 1 heterocycles. The second kappa shape index (κ2) is 5.28. The van der Waals surface area contributed by atoms with Crippen LogP contribution in [0.2, 0.25) is 0 Å². The minimum absolute atomic E-state index is 0.288. The second-order valence-electron chi connectivity index (χ2n) is 4.66. The zero-order chi connectivity index (χ0) is 13.3. The third kappa shape index (κ3) is 2.61. The van der Waals surface area contributed by atoms with Crippen molar-refractivity contribution in [2.75, 3.05) is 19.6 Å². The van der Waals surface area contributed by atoms with Gasteiger partial charge in [0, 0.05) is 17.6 Å². The lowest BCUT2D eigenvalue weighted by atomic mass is 10.1. The summed E-state index contributed by atoms with van der Waals surface area (Å²) in [4.78, 5) is 0.362. The van der Waals surface area contributed by atoms with Gasteiger partial charge in [0.15, 0.2) is 0 Å². The summed E-state index contributed by atoms with van der Waals surface area (Å²) < 4.78 is 27.3. The predicted octanol–water partition coefficient (Wildman–Crippen LogP) is 1.73. The average molecular weight is 333 g/mol. The third-order valence-electron chi connectivity index (χ3n) is 3.35. The van der Waals surface area contributed by atoms with E-state index in [0.717, 1.165) is 16.5 Å². The number of sulfonamides is 1. The van der Waals surface area contributed by atoms with Crippen molar-refractivity contribution in [2.45, 2.75) is 18.2 Å². The van der Waals surface area contributed by atoms with Gasteiger partial charge < -0.3 is 5.73 Å². The maximum absolute atomic E-state index is 12.4. The number of benzene rings is 1. The zero-order valence-corrected chi connectivity index (χ0v) is 12.7. The monoisotopic (exact) mass is 332 g/mol. The van der Waals surface area contributed by atoms with E-state index in [1.54, 1.807) is 18.2 Å². The Morgan fingerprint density at radius 2 is 2.22 bits per heavy atom. The molecule has 0 aliphatic carbocycles. The number of aryl methyl sites for hydroxylation is 1. The zero-order valence-electron chi connectivity index (χ0n) is 10.3. The lowest BCUT2D eigenvalue weighted by Crippen LogP contribution is -2.30. The molecule has 0 spiro atoms. The van der Waals surface area contributed by atoms with Crippen molar-refractivity contribution < 1.29 is 8.42 Å². The van der Waals surface area contributed by atoms with Crippen LogP contribution in [0.5, 0.6) is 0 Å². The first-order valence-electron chi connectivity index (χ1n) is 5.91. The molecule has 1 aromatic rings. The predicted molar refractivity (Wildman–Crippen MR) is 74.8 cm³/mol. The van der Waals surface area contributed by atoms with E-state index in [9.17, 15) is 8.42 Å². The van der Waals surface area contributed by atoms with Gasteiger partial charge in [-0.3, -0.25) is 0 Å². The van der Waals surface area contributed by atoms with E-state index in [2.05, 4.69) is 15.9 Å². The van der Waals surface area contributed by atoms with E-state index in [-0.39, 0.29) is 5.92 Å². The van der Waals surface area contributed by atoms with Crippen molar-refractivity contribution in [3.05, 3.63) is 28.2 Å². The summed E-state index contributed by atoms with van der Waals surface area (Å²) in [5.41, 5.74) is 6.52. The van der Waals surface area contributed by atoms with Crippen LogP contribution in [0.1, 0.15) is 12.0 Å². The Kier molecular flexibility index (Phi) is 4.11. The van der Waals surface area contributed by atoms with Gasteiger partial charge in [0.2, 0.25) is 10.0 Å². The summed E-state index contributed by atoms with van der Waals surface area (Å²) in [6.45, 7) is 3.54. The molecule has 1 aliphatic rings. The van der Waals surface area contributed by atoms with Gasteiger partial charge in [-0.2, -0.15) is 4.31 Å². The van der Waals surface area contributed by atoms with Crippen molar-refractivity contribution in [1.82, 2.24) is 4.31 Å². The topological polar surface area (TPSA) is 63.4 Å². The van der Waals surface area contributed by atoms with Gasteiger partial charge in [-0.25, -0.2) is 8.42 Å². The first-order valence-corrected chi connectivity index (χ1v) is 8.15. The largest absolute Gasteiger partial charge is 0.330 e. The van der Waals surface area contributed by atoms with Crippen molar-refractivity contribution in [2.24, 2.45) is 11.7 Å². The van der Waals surface area contributed by atoms with E-state index in [1.807, 2.05) is 6.92 Å². The fraction of sp³-hybridized carbons (Fsp3) is 0.500. The molecule has 2 rings (SSSR count).